The van der Waals surface area contributed by atoms with Crippen LogP contribution in [0.2, 0.25) is 5.02 Å². The van der Waals surface area contributed by atoms with Gasteiger partial charge in [0.1, 0.15) is 0 Å². The summed E-state index contributed by atoms with van der Waals surface area (Å²) in [5, 5.41) is 7.91. The van der Waals surface area contributed by atoms with Gasteiger partial charge in [-0.3, -0.25) is 9.48 Å². The van der Waals surface area contributed by atoms with Crippen LogP contribution in [0, 0.1) is 13.8 Å². The fourth-order valence-corrected chi connectivity index (χ4v) is 2.44. The van der Waals surface area contributed by atoms with Crippen molar-refractivity contribution >= 4 is 29.9 Å². The number of hydrogen-bond acceptors (Lipinski definition) is 3. The van der Waals surface area contributed by atoms with Crippen molar-refractivity contribution in [1.82, 2.24) is 15.1 Å². The summed E-state index contributed by atoms with van der Waals surface area (Å²) in [6, 6.07) is 7.62. The minimum absolute atomic E-state index is 0. The first-order valence-corrected chi connectivity index (χ1v) is 7.18. The second kappa shape index (κ2) is 8.17. The van der Waals surface area contributed by atoms with Crippen LogP contribution in [0.4, 0.5) is 0 Å². The number of hydrogen-bond donors (Lipinski definition) is 2. The van der Waals surface area contributed by atoms with Crippen LogP contribution in [-0.2, 0) is 6.54 Å². The van der Waals surface area contributed by atoms with Gasteiger partial charge in [0.2, 0.25) is 0 Å². The lowest BCUT2D eigenvalue weighted by atomic mass is 10.1. The topological polar surface area (TPSA) is 72.9 Å². The molecule has 7 heteroatoms. The number of aromatic nitrogens is 2. The molecule has 2 aromatic rings. The molecule has 0 saturated heterocycles. The van der Waals surface area contributed by atoms with E-state index in [0.29, 0.717) is 35.9 Å². The summed E-state index contributed by atoms with van der Waals surface area (Å²) in [4.78, 5) is 12.1. The number of amides is 1. The minimum Gasteiger partial charge on any atom is -0.351 e. The number of carbonyl (C=O) groups excluding carboxylic acids is 1. The van der Waals surface area contributed by atoms with E-state index in [0.717, 1.165) is 11.3 Å². The first-order valence-electron chi connectivity index (χ1n) is 6.80. The molecule has 0 unspecified atom stereocenters. The van der Waals surface area contributed by atoms with Crippen LogP contribution in [-0.4, -0.2) is 28.8 Å². The number of nitrogens with one attached hydrogen (secondary N) is 1. The summed E-state index contributed by atoms with van der Waals surface area (Å²) in [6.45, 7) is 5.11. The van der Waals surface area contributed by atoms with Crippen LogP contribution in [0.5, 0.6) is 0 Å². The van der Waals surface area contributed by atoms with Crippen LogP contribution in [0.15, 0.2) is 24.3 Å². The molecule has 3 N–H and O–H groups in total. The molecule has 0 saturated carbocycles. The van der Waals surface area contributed by atoms with Crippen LogP contribution < -0.4 is 11.1 Å². The Morgan fingerprint density at radius 3 is 2.68 bits per heavy atom. The van der Waals surface area contributed by atoms with Crippen molar-refractivity contribution in [3.63, 3.8) is 0 Å². The normalized spacial score (nSPS) is 10.2. The highest BCUT2D eigenvalue weighted by Gasteiger charge is 2.18. The predicted octanol–water partition coefficient (Wildman–Crippen LogP) is 2.31. The maximum Gasteiger partial charge on any atom is 0.255 e. The molecule has 0 spiro atoms. The number of nitrogens with two attached hydrogens (primary N) is 1. The number of aryl methyl sites for hydroxylation is 1. The van der Waals surface area contributed by atoms with Crippen LogP contribution in [0.25, 0.3) is 0 Å². The van der Waals surface area contributed by atoms with E-state index in [9.17, 15) is 4.79 Å². The summed E-state index contributed by atoms with van der Waals surface area (Å²) < 4.78 is 1.80. The molecule has 0 bridgehead atoms. The highest BCUT2D eigenvalue weighted by Crippen LogP contribution is 2.19. The van der Waals surface area contributed by atoms with Crippen LogP contribution in [0.1, 0.15) is 27.3 Å². The molecule has 1 aromatic carbocycles. The van der Waals surface area contributed by atoms with Gasteiger partial charge < -0.3 is 11.1 Å². The van der Waals surface area contributed by atoms with Gasteiger partial charge in [-0.25, -0.2) is 0 Å². The van der Waals surface area contributed by atoms with Gasteiger partial charge in [-0.2, -0.15) is 5.10 Å². The zero-order valence-corrected chi connectivity index (χ0v) is 14.2. The van der Waals surface area contributed by atoms with Gasteiger partial charge >= 0.3 is 0 Å². The van der Waals surface area contributed by atoms with Gasteiger partial charge in [0.05, 0.1) is 17.8 Å². The van der Waals surface area contributed by atoms with E-state index in [1.807, 2.05) is 38.1 Å². The Morgan fingerprint density at radius 2 is 2.05 bits per heavy atom. The number of carbonyl (C=O) groups is 1. The van der Waals surface area contributed by atoms with Crippen molar-refractivity contribution in [2.45, 2.75) is 20.4 Å². The Kier molecular flexibility index (Phi) is 6.87. The predicted molar refractivity (Wildman–Crippen MR) is 90.9 cm³/mol. The van der Waals surface area contributed by atoms with Crippen molar-refractivity contribution in [1.29, 1.82) is 0 Å². The Balaban J connectivity index is 0.00000242. The maximum absolute atomic E-state index is 12.1. The van der Waals surface area contributed by atoms with Crippen molar-refractivity contribution in [3.8, 4) is 0 Å². The van der Waals surface area contributed by atoms with Gasteiger partial charge in [-0.05, 0) is 25.5 Å². The fourth-order valence-electron chi connectivity index (χ4n) is 2.24. The molecule has 1 amide bonds. The van der Waals surface area contributed by atoms with E-state index in [2.05, 4.69) is 10.4 Å². The van der Waals surface area contributed by atoms with E-state index in [1.54, 1.807) is 4.68 Å². The third kappa shape index (κ3) is 4.00. The number of rotatable bonds is 5. The Morgan fingerprint density at radius 1 is 1.36 bits per heavy atom. The van der Waals surface area contributed by atoms with Crippen molar-refractivity contribution < 1.29 is 4.79 Å². The smallest absolute Gasteiger partial charge is 0.255 e. The molecule has 22 heavy (non-hydrogen) atoms. The van der Waals surface area contributed by atoms with E-state index in [1.165, 1.54) is 0 Å². The van der Waals surface area contributed by atoms with Gasteiger partial charge in [0.25, 0.3) is 5.91 Å². The summed E-state index contributed by atoms with van der Waals surface area (Å²) in [5.74, 6) is -0.138. The number of benzene rings is 1. The third-order valence-corrected chi connectivity index (χ3v) is 3.69. The first-order chi connectivity index (χ1) is 10.0. The lowest BCUT2D eigenvalue weighted by molar-refractivity contribution is 0.0953. The van der Waals surface area contributed by atoms with Crippen molar-refractivity contribution in [2.75, 3.05) is 13.1 Å². The lowest BCUT2D eigenvalue weighted by Gasteiger charge is -2.07. The monoisotopic (exact) mass is 342 g/mol. The molecule has 1 heterocycles. The Hall–Kier alpha value is -1.56. The van der Waals surface area contributed by atoms with Gasteiger partial charge in [0.15, 0.2) is 0 Å². The molecular formula is C15H20Cl2N4O. The summed E-state index contributed by atoms with van der Waals surface area (Å²) in [7, 11) is 0. The largest absolute Gasteiger partial charge is 0.351 e. The maximum atomic E-state index is 12.1. The van der Waals surface area contributed by atoms with E-state index in [4.69, 9.17) is 17.3 Å². The Labute approximate surface area is 141 Å². The quantitative estimate of drug-likeness (QED) is 0.875. The fraction of sp³-hybridized carbons (Fsp3) is 0.333. The lowest BCUT2D eigenvalue weighted by Crippen LogP contribution is -2.29. The van der Waals surface area contributed by atoms with E-state index in [-0.39, 0.29) is 18.3 Å². The van der Waals surface area contributed by atoms with Crippen molar-refractivity contribution in [2.24, 2.45) is 5.73 Å². The zero-order chi connectivity index (χ0) is 15.4. The first kappa shape index (κ1) is 18.5. The van der Waals surface area contributed by atoms with E-state index >= 15 is 0 Å². The van der Waals surface area contributed by atoms with Gasteiger partial charge in [-0.15, -0.1) is 12.4 Å². The molecule has 0 fully saturated rings. The molecule has 0 atom stereocenters. The second-order valence-electron chi connectivity index (χ2n) is 4.84. The molecule has 0 aliphatic heterocycles. The molecule has 0 radical (unpaired) electrons. The molecule has 5 nitrogen and oxygen atoms in total. The number of halogens is 2. The molecular weight excluding hydrogens is 323 g/mol. The number of nitrogens with zero attached hydrogens (tertiary/aromatic N) is 2. The summed E-state index contributed by atoms with van der Waals surface area (Å²) in [6.07, 6.45) is 0. The molecule has 0 aliphatic carbocycles. The van der Waals surface area contributed by atoms with Crippen LogP contribution in [0.3, 0.4) is 0 Å². The zero-order valence-electron chi connectivity index (χ0n) is 12.6. The highest BCUT2D eigenvalue weighted by atomic mass is 35.5. The van der Waals surface area contributed by atoms with Gasteiger partial charge in [0, 0.05) is 23.8 Å². The molecule has 2 rings (SSSR count). The summed E-state index contributed by atoms with van der Waals surface area (Å²) >= 11 is 6.17. The minimum atomic E-state index is -0.138. The Bertz CT molecular complexity index is 655. The summed E-state index contributed by atoms with van der Waals surface area (Å²) in [5.41, 5.74) is 8.51. The highest BCUT2D eigenvalue weighted by molar-refractivity contribution is 6.31. The second-order valence-corrected chi connectivity index (χ2v) is 5.25. The third-order valence-electron chi connectivity index (χ3n) is 3.32. The van der Waals surface area contributed by atoms with E-state index < -0.39 is 0 Å². The average Bonchev–Trinajstić information content (AvgIpc) is 2.73. The molecule has 120 valence electrons. The van der Waals surface area contributed by atoms with Crippen molar-refractivity contribution in [3.05, 3.63) is 51.8 Å². The SMILES string of the molecule is Cc1nn(Cc2ccccc2Cl)c(C)c1C(=O)NCCN.Cl. The molecule has 1 aromatic heterocycles. The molecule has 0 aliphatic rings. The van der Waals surface area contributed by atoms with Crippen LogP contribution >= 0.6 is 24.0 Å². The van der Waals surface area contributed by atoms with Gasteiger partial charge in [-0.1, -0.05) is 29.8 Å². The standard InChI is InChI=1S/C15H19ClN4O.ClH/c1-10-14(15(21)18-8-7-17)11(2)20(19-10)9-12-5-3-4-6-13(12)16;/h3-6H,7-9,17H2,1-2H3,(H,18,21);1H. The average molecular weight is 343 g/mol.